The van der Waals surface area contributed by atoms with Crippen molar-refractivity contribution in [2.24, 2.45) is 5.73 Å². The maximum Gasteiger partial charge on any atom is 0.153 e. The van der Waals surface area contributed by atoms with E-state index in [4.69, 9.17) is 5.73 Å². The second-order valence-electron chi connectivity index (χ2n) is 4.07. The van der Waals surface area contributed by atoms with Crippen LogP contribution in [0.15, 0.2) is 30.6 Å². The molecule has 0 saturated heterocycles. The molecule has 0 aromatic carbocycles. The Morgan fingerprint density at radius 3 is 2.81 bits per heavy atom. The number of aromatic nitrogens is 3. The monoisotopic (exact) mass is 216 g/mol. The molecule has 0 aliphatic heterocycles. The molecule has 84 valence electrons. The molecule has 0 amide bonds. The first-order chi connectivity index (χ1) is 7.70. The summed E-state index contributed by atoms with van der Waals surface area (Å²) < 4.78 is 1.79. The minimum Gasteiger partial charge on any atom is -0.326 e. The number of nitrogens with two attached hydrogens (primary N) is 1. The predicted octanol–water partition coefficient (Wildman–Crippen LogP) is 1.85. The summed E-state index contributed by atoms with van der Waals surface area (Å²) in [5.41, 5.74) is 7.72. The SMILES string of the molecule is CC(C)c1ccn(-c2cc(CN)ccn2)n1. The highest BCUT2D eigenvalue weighted by molar-refractivity contribution is 5.27. The molecule has 0 radical (unpaired) electrons. The van der Waals surface area contributed by atoms with E-state index in [0.29, 0.717) is 12.5 Å². The Bertz CT molecular complexity index is 473. The lowest BCUT2D eigenvalue weighted by molar-refractivity contribution is 0.756. The second-order valence-corrected chi connectivity index (χ2v) is 4.07. The van der Waals surface area contributed by atoms with Gasteiger partial charge in [-0.15, -0.1) is 0 Å². The Morgan fingerprint density at radius 1 is 1.38 bits per heavy atom. The number of nitrogens with zero attached hydrogens (tertiary/aromatic N) is 3. The van der Waals surface area contributed by atoms with E-state index < -0.39 is 0 Å². The first-order valence-corrected chi connectivity index (χ1v) is 5.41. The standard InChI is InChI=1S/C12H16N4/c1-9(2)11-4-6-16(15-11)12-7-10(8-13)3-5-14-12/h3-7,9H,8,13H2,1-2H3. The molecule has 2 N–H and O–H groups in total. The van der Waals surface area contributed by atoms with Crippen molar-refractivity contribution in [3.63, 3.8) is 0 Å². The van der Waals surface area contributed by atoms with Crippen LogP contribution >= 0.6 is 0 Å². The lowest BCUT2D eigenvalue weighted by atomic mass is 10.1. The number of hydrogen-bond donors (Lipinski definition) is 1. The van der Waals surface area contributed by atoms with Gasteiger partial charge in [-0.1, -0.05) is 13.8 Å². The normalized spacial score (nSPS) is 11.0. The summed E-state index contributed by atoms with van der Waals surface area (Å²) >= 11 is 0. The zero-order valence-electron chi connectivity index (χ0n) is 9.59. The molecule has 0 unspecified atom stereocenters. The van der Waals surface area contributed by atoms with E-state index in [1.165, 1.54) is 0 Å². The van der Waals surface area contributed by atoms with Gasteiger partial charge in [0.15, 0.2) is 5.82 Å². The van der Waals surface area contributed by atoms with Gasteiger partial charge in [-0.2, -0.15) is 5.10 Å². The number of pyridine rings is 1. The Balaban J connectivity index is 2.34. The van der Waals surface area contributed by atoms with Gasteiger partial charge in [0.05, 0.1) is 5.69 Å². The fraction of sp³-hybridized carbons (Fsp3) is 0.333. The van der Waals surface area contributed by atoms with Gasteiger partial charge >= 0.3 is 0 Å². The summed E-state index contributed by atoms with van der Waals surface area (Å²) in [6, 6.07) is 5.88. The van der Waals surface area contributed by atoms with E-state index in [2.05, 4.69) is 23.9 Å². The van der Waals surface area contributed by atoms with Gasteiger partial charge in [0.25, 0.3) is 0 Å². The lowest BCUT2D eigenvalue weighted by Crippen LogP contribution is -2.03. The van der Waals surface area contributed by atoms with Crippen molar-refractivity contribution >= 4 is 0 Å². The third kappa shape index (κ3) is 2.12. The van der Waals surface area contributed by atoms with Crippen LogP contribution in [-0.2, 0) is 6.54 Å². The van der Waals surface area contributed by atoms with E-state index in [1.54, 1.807) is 10.9 Å². The first-order valence-electron chi connectivity index (χ1n) is 5.41. The smallest absolute Gasteiger partial charge is 0.153 e. The zero-order valence-corrected chi connectivity index (χ0v) is 9.59. The minimum absolute atomic E-state index is 0.430. The van der Waals surface area contributed by atoms with Crippen molar-refractivity contribution in [2.45, 2.75) is 26.3 Å². The molecule has 0 bridgehead atoms. The molecule has 4 nitrogen and oxygen atoms in total. The summed E-state index contributed by atoms with van der Waals surface area (Å²) in [7, 11) is 0. The van der Waals surface area contributed by atoms with Crippen LogP contribution in [-0.4, -0.2) is 14.8 Å². The van der Waals surface area contributed by atoms with Gasteiger partial charge in [0.1, 0.15) is 0 Å². The van der Waals surface area contributed by atoms with Crippen LogP contribution in [0.2, 0.25) is 0 Å². The topological polar surface area (TPSA) is 56.7 Å². The van der Waals surface area contributed by atoms with Crippen LogP contribution in [0.3, 0.4) is 0 Å². The molecule has 0 aliphatic rings. The van der Waals surface area contributed by atoms with E-state index in [1.807, 2.05) is 24.4 Å². The molecule has 0 saturated carbocycles. The molecular formula is C12H16N4. The molecule has 0 aliphatic carbocycles. The van der Waals surface area contributed by atoms with E-state index in [0.717, 1.165) is 17.1 Å². The molecule has 0 atom stereocenters. The lowest BCUT2D eigenvalue weighted by Gasteiger charge is -2.03. The zero-order chi connectivity index (χ0) is 11.5. The maximum absolute atomic E-state index is 5.59. The van der Waals surface area contributed by atoms with Crippen LogP contribution in [0.5, 0.6) is 0 Å². The minimum atomic E-state index is 0.430. The van der Waals surface area contributed by atoms with Crippen LogP contribution in [0, 0.1) is 0 Å². The van der Waals surface area contributed by atoms with Gasteiger partial charge in [0.2, 0.25) is 0 Å². The van der Waals surface area contributed by atoms with E-state index >= 15 is 0 Å². The molecule has 2 aromatic heterocycles. The highest BCUT2D eigenvalue weighted by Gasteiger charge is 2.05. The summed E-state index contributed by atoms with van der Waals surface area (Å²) in [6.45, 7) is 4.76. The molecule has 0 fully saturated rings. The average Bonchev–Trinajstić information content (AvgIpc) is 2.78. The van der Waals surface area contributed by atoms with Gasteiger partial charge in [-0.05, 0) is 29.7 Å². The van der Waals surface area contributed by atoms with Gasteiger partial charge in [-0.25, -0.2) is 9.67 Å². The fourth-order valence-electron chi connectivity index (χ4n) is 1.49. The molecule has 4 heteroatoms. The third-order valence-electron chi connectivity index (χ3n) is 2.48. The summed E-state index contributed by atoms with van der Waals surface area (Å²) in [6.07, 6.45) is 3.69. The molecule has 2 aromatic rings. The molecular weight excluding hydrogens is 200 g/mol. The highest BCUT2D eigenvalue weighted by Crippen LogP contribution is 2.13. The van der Waals surface area contributed by atoms with Crippen molar-refractivity contribution < 1.29 is 0 Å². The Labute approximate surface area is 95.1 Å². The van der Waals surface area contributed by atoms with Crippen LogP contribution < -0.4 is 5.73 Å². The van der Waals surface area contributed by atoms with Crippen molar-refractivity contribution in [1.29, 1.82) is 0 Å². The van der Waals surface area contributed by atoms with Crippen molar-refractivity contribution in [1.82, 2.24) is 14.8 Å². The molecule has 16 heavy (non-hydrogen) atoms. The maximum atomic E-state index is 5.59. The molecule has 2 rings (SSSR count). The largest absolute Gasteiger partial charge is 0.326 e. The quantitative estimate of drug-likeness (QED) is 0.851. The fourth-order valence-corrected chi connectivity index (χ4v) is 1.49. The molecule has 2 heterocycles. The highest BCUT2D eigenvalue weighted by atomic mass is 15.3. The summed E-state index contributed by atoms with van der Waals surface area (Å²) in [5, 5.41) is 4.47. The number of rotatable bonds is 3. The second kappa shape index (κ2) is 4.45. The number of hydrogen-bond acceptors (Lipinski definition) is 3. The van der Waals surface area contributed by atoms with Gasteiger partial charge in [-0.3, -0.25) is 0 Å². The first kappa shape index (κ1) is 10.8. The van der Waals surface area contributed by atoms with Gasteiger partial charge in [0, 0.05) is 18.9 Å². The van der Waals surface area contributed by atoms with Crippen molar-refractivity contribution in [2.75, 3.05) is 0 Å². The Hall–Kier alpha value is -1.68. The van der Waals surface area contributed by atoms with Crippen LogP contribution in [0.1, 0.15) is 31.0 Å². The van der Waals surface area contributed by atoms with Crippen molar-refractivity contribution in [3.8, 4) is 5.82 Å². The predicted molar refractivity (Wildman–Crippen MR) is 63.3 cm³/mol. The van der Waals surface area contributed by atoms with Crippen LogP contribution in [0.25, 0.3) is 5.82 Å². The molecule has 0 spiro atoms. The van der Waals surface area contributed by atoms with Crippen molar-refractivity contribution in [3.05, 3.63) is 41.9 Å². The summed E-state index contributed by atoms with van der Waals surface area (Å²) in [5.74, 6) is 1.24. The van der Waals surface area contributed by atoms with Crippen LogP contribution in [0.4, 0.5) is 0 Å². The third-order valence-corrected chi connectivity index (χ3v) is 2.48. The van der Waals surface area contributed by atoms with Gasteiger partial charge < -0.3 is 5.73 Å². The van der Waals surface area contributed by atoms with E-state index in [9.17, 15) is 0 Å². The summed E-state index contributed by atoms with van der Waals surface area (Å²) in [4.78, 5) is 4.28. The Morgan fingerprint density at radius 2 is 2.19 bits per heavy atom. The average molecular weight is 216 g/mol. The Kier molecular flexibility index (Phi) is 3.01. The van der Waals surface area contributed by atoms with E-state index in [-0.39, 0.29) is 0 Å².